The Morgan fingerprint density at radius 3 is 2.68 bits per heavy atom. The molecule has 136 valence electrons. The van der Waals surface area contributed by atoms with E-state index in [-0.39, 0.29) is 18.6 Å². The molecule has 1 N–H and O–H groups in total. The number of methoxy groups -OCH3 is 1. The summed E-state index contributed by atoms with van der Waals surface area (Å²) in [5.74, 6) is 1.61. The molecule has 1 atom stereocenters. The maximum atomic E-state index is 12.0. The number of nitriles is 1. The van der Waals surface area contributed by atoms with Crippen molar-refractivity contribution >= 4 is 12.0 Å². The van der Waals surface area contributed by atoms with Crippen molar-refractivity contribution in [1.29, 1.82) is 5.26 Å². The van der Waals surface area contributed by atoms with Gasteiger partial charge in [0.25, 0.3) is 0 Å². The normalized spacial score (nSPS) is 12.0. The van der Waals surface area contributed by atoms with Crippen LogP contribution >= 0.6 is 0 Å². The van der Waals surface area contributed by atoms with Crippen LogP contribution in [0.2, 0.25) is 0 Å². The Hall–Kier alpha value is -2.48. The van der Waals surface area contributed by atoms with Gasteiger partial charge < -0.3 is 14.8 Å². The zero-order valence-corrected chi connectivity index (χ0v) is 15.5. The molecule has 0 heterocycles. The van der Waals surface area contributed by atoms with E-state index in [0.29, 0.717) is 17.4 Å². The third-order valence-corrected chi connectivity index (χ3v) is 3.71. The van der Waals surface area contributed by atoms with Crippen LogP contribution in [0.1, 0.15) is 45.6 Å². The summed E-state index contributed by atoms with van der Waals surface area (Å²) >= 11 is 0. The molecule has 1 aromatic rings. The lowest BCUT2D eigenvalue weighted by atomic mass is 10.0. The van der Waals surface area contributed by atoms with Gasteiger partial charge in [0.05, 0.1) is 7.11 Å². The SMILES string of the molecule is COc1cc(/C=C/C(=O)NC(C)CCCC(C)C)ccc1OCC#N. The molecule has 0 aromatic heterocycles. The van der Waals surface area contributed by atoms with E-state index in [1.54, 1.807) is 18.2 Å². The molecule has 1 amide bonds. The minimum absolute atomic E-state index is 0.0390. The van der Waals surface area contributed by atoms with E-state index in [2.05, 4.69) is 19.2 Å². The minimum Gasteiger partial charge on any atom is -0.493 e. The van der Waals surface area contributed by atoms with Gasteiger partial charge in [0.2, 0.25) is 5.91 Å². The third kappa shape index (κ3) is 8.25. The van der Waals surface area contributed by atoms with Gasteiger partial charge in [-0.15, -0.1) is 0 Å². The third-order valence-electron chi connectivity index (χ3n) is 3.71. The first kappa shape index (κ1) is 20.6. The number of nitrogens with one attached hydrogen (secondary N) is 1. The first-order valence-corrected chi connectivity index (χ1v) is 8.62. The molecule has 0 aliphatic heterocycles. The van der Waals surface area contributed by atoms with Gasteiger partial charge in [0, 0.05) is 12.1 Å². The van der Waals surface area contributed by atoms with Gasteiger partial charge in [-0.2, -0.15) is 5.26 Å². The molecule has 1 aromatic carbocycles. The molecule has 0 radical (unpaired) electrons. The summed E-state index contributed by atoms with van der Waals surface area (Å²) < 4.78 is 10.5. The van der Waals surface area contributed by atoms with Crippen LogP contribution in [0.15, 0.2) is 24.3 Å². The van der Waals surface area contributed by atoms with Crippen LogP contribution in [0, 0.1) is 17.2 Å². The molecular weight excluding hydrogens is 316 g/mol. The topological polar surface area (TPSA) is 71.3 Å². The van der Waals surface area contributed by atoms with Crippen molar-refractivity contribution in [1.82, 2.24) is 5.32 Å². The Morgan fingerprint density at radius 2 is 2.04 bits per heavy atom. The standard InChI is InChI=1S/C20H28N2O3/c1-15(2)6-5-7-16(3)22-20(23)11-9-17-8-10-18(25-13-12-21)19(14-17)24-4/h8-11,14-16H,5-7,13H2,1-4H3,(H,22,23)/b11-9+. The predicted octanol–water partition coefficient (Wildman–Crippen LogP) is 3.94. The van der Waals surface area contributed by atoms with Gasteiger partial charge >= 0.3 is 0 Å². The summed E-state index contributed by atoms with van der Waals surface area (Å²) in [5, 5.41) is 11.5. The van der Waals surface area contributed by atoms with Gasteiger partial charge in [-0.05, 0) is 43.0 Å². The minimum atomic E-state index is -0.110. The number of carbonyl (C=O) groups excluding carboxylic acids is 1. The Labute approximate surface area is 150 Å². The number of nitrogens with zero attached hydrogens (tertiary/aromatic N) is 1. The van der Waals surface area contributed by atoms with Gasteiger partial charge in [0.1, 0.15) is 6.07 Å². The molecule has 25 heavy (non-hydrogen) atoms. The zero-order chi connectivity index (χ0) is 18.7. The maximum absolute atomic E-state index is 12.0. The molecule has 5 heteroatoms. The van der Waals surface area contributed by atoms with Crippen molar-refractivity contribution in [3.8, 4) is 17.6 Å². The maximum Gasteiger partial charge on any atom is 0.244 e. The summed E-state index contributed by atoms with van der Waals surface area (Å²) in [4.78, 5) is 12.0. The number of rotatable bonds is 10. The lowest BCUT2D eigenvalue weighted by Crippen LogP contribution is -2.31. The van der Waals surface area contributed by atoms with E-state index in [1.165, 1.54) is 19.6 Å². The summed E-state index contributed by atoms with van der Waals surface area (Å²) in [7, 11) is 1.54. The molecule has 0 aliphatic carbocycles. The molecular formula is C20H28N2O3. The van der Waals surface area contributed by atoms with Crippen molar-refractivity contribution in [2.24, 2.45) is 5.92 Å². The van der Waals surface area contributed by atoms with Crippen LogP contribution in [0.5, 0.6) is 11.5 Å². The van der Waals surface area contributed by atoms with Crippen LogP contribution in [-0.2, 0) is 4.79 Å². The molecule has 0 spiro atoms. The van der Waals surface area contributed by atoms with E-state index in [1.807, 2.05) is 19.1 Å². The lowest BCUT2D eigenvalue weighted by Gasteiger charge is -2.13. The van der Waals surface area contributed by atoms with Crippen molar-refractivity contribution in [3.63, 3.8) is 0 Å². The van der Waals surface area contributed by atoms with Crippen LogP contribution < -0.4 is 14.8 Å². The average molecular weight is 344 g/mol. The number of hydrogen-bond acceptors (Lipinski definition) is 4. The van der Waals surface area contributed by atoms with Gasteiger partial charge in [-0.25, -0.2) is 0 Å². The Balaban J connectivity index is 2.56. The van der Waals surface area contributed by atoms with Crippen molar-refractivity contribution in [2.75, 3.05) is 13.7 Å². The molecule has 0 aliphatic rings. The highest BCUT2D eigenvalue weighted by molar-refractivity contribution is 5.91. The molecule has 0 bridgehead atoms. The van der Waals surface area contributed by atoms with Gasteiger partial charge in [-0.3, -0.25) is 4.79 Å². The molecule has 0 saturated heterocycles. The van der Waals surface area contributed by atoms with Crippen molar-refractivity contribution in [2.45, 2.75) is 46.1 Å². The van der Waals surface area contributed by atoms with Crippen LogP contribution in [0.3, 0.4) is 0 Å². The average Bonchev–Trinajstić information content (AvgIpc) is 2.58. The van der Waals surface area contributed by atoms with E-state index in [4.69, 9.17) is 14.7 Å². The Kier molecular flexibility index (Phi) is 9.16. The van der Waals surface area contributed by atoms with Crippen molar-refractivity contribution < 1.29 is 14.3 Å². The zero-order valence-electron chi connectivity index (χ0n) is 15.5. The number of benzene rings is 1. The lowest BCUT2D eigenvalue weighted by molar-refractivity contribution is -0.117. The Bertz CT molecular complexity index is 618. The van der Waals surface area contributed by atoms with Crippen LogP contribution in [0.25, 0.3) is 6.08 Å². The fourth-order valence-electron chi connectivity index (χ4n) is 2.38. The number of amides is 1. The highest BCUT2D eigenvalue weighted by atomic mass is 16.5. The molecule has 1 unspecified atom stereocenters. The van der Waals surface area contributed by atoms with E-state index in [0.717, 1.165) is 18.4 Å². The second kappa shape index (κ2) is 11.1. The largest absolute Gasteiger partial charge is 0.493 e. The second-order valence-electron chi connectivity index (χ2n) is 6.42. The van der Waals surface area contributed by atoms with Gasteiger partial charge in [-0.1, -0.05) is 32.8 Å². The molecule has 5 nitrogen and oxygen atoms in total. The van der Waals surface area contributed by atoms with E-state index < -0.39 is 0 Å². The van der Waals surface area contributed by atoms with Crippen LogP contribution in [-0.4, -0.2) is 25.7 Å². The highest BCUT2D eigenvalue weighted by Gasteiger charge is 2.07. The summed E-state index contributed by atoms with van der Waals surface area (Å²) in [6.45, 7) is 6.40. The van der Waals surface area contributed by atoms with E-state index >= 15 is 0 Å². The number of ether oxygens (including phenoxy) is 2. The monoisotopic (exact) mass is 344 g/mol. The van der Waals surface area contributed by atoms with Crippen molar-refractivity contribution in [3.05, 3.63) is 29.8 Å². The summed E-state index contributed by atoms with van der Waals surface area (Å²) in [6.07, 6.45) is 6.52. The fourth-order valence-corrected chi connectivity index (χ4v) is 2.38. The first-order chi connectivity index (χ1) is 12.0. The molecule has 0 fully saturated rings. The first-order valence-electron chi connectivity index (χ1n) is 8.62. The molecule has 1 rings (SSSR count). The van der Waals surface area contributed by atoms with Gasteiger partial charge in [0.15, 0.2) is 18.1 Å². The van der Waals surface area contributed by atoms with Crippen LogP contribution in [0.4, 0.5) is 0 Å². The Morgan fingerprint density at radius 1 is 1.28 bits per heavy atom. The number of carbonyl (C=O) groups is 1. The smallest absolute Gasteiger partial charge is 0.244 e. The summed E-state index contributed by atoms with van der Waals surface area (Å²) in [5.41, 5.74) is 0.823. The van der Waals surface area contributed by atoms with E-state index in [9.17, 15) is 4.79 Å². The molecule has 0 saturated carbocycles. The quantitative estimate of drug-likeness (QED) is 0.653. The highest BCUT2D eigenvalue weighted by Crippen LogP contribution is 2.28. The predicted molar refractivity (Wildman–Crippen MR) is 99.4 cm³/mol. The summed E-state index contributed by atoms with van der Waals surface area (Å²) in [6, 6.07) is 7.38. The second-order valence-corrected chi connectivity index (χ2v) is 6.42. The number of hydrogen-bond donors (Lipinski definition) is 1. The fraction of sp³-hybridized carbons (Fsp3) is 0.500.